The zero-order valence-corrected chi connectivity index (χ0v) is 12.9. The van der Waals surface area contributed by atoms with E-state index in [0.29, 0.717) is 17.1 Å². The van der Waals surface area contributed by atoms with Gasteiger partial charge in [0, 0.05) is 7.05 Å². The van der Waals surface area contributed by atoms with Crippen LogP contribution in [-0.2, 0) is 17.1 Å². The van der Waals surface area contributed by atoms with Gasteiger partial charge in [-0.1, -0.05) is 0 Å². The molecule has 1 amide bonds. The molecule has 124 valence electrons. The molecule has 3 heterocycles. The topological polar surface area (TPSA) is 97.8 Å². The molecule has 0 saturated heterocycles. The first-order chi connectivity index (χ1) is 11.6. The van der Waals surface area contributed by atoms with E-state index in [9.17, 15) is 9.18 Å². The van der Waals surface area contributed by atoms with Crippen molar-refractivity contribution in [1.82, 2.24) is 19.9 Å². The molecule has 0 fully saturated rings. The highest BCUT2D eigenvalue weighted by molar-refractivity contribution is 5.98. The van der Waals surface area contributed by atoms with Gasteiger partial charge >= 0.3 is 0 Å². The van der Waals surface area contributed by atoms with Crippen molar-refractivity contribution in [2.24, 2.45) is 10.7 Å². The number of carbonyl (C=O) groups is 1. The highest BCUT2D eigenvalue weighted by Gasteiger charge is 2.41. The number of nitrogens with zero attached hydrogens (tertiary/aromatic N) is 4. The zero-order chi connectivity index (χ0) is 16.9. The normalized spacial score (nSPS) is 22.1. The van der Waals surface area contributed by atoms with E-state index in [0.717, 1.165) is 0 Å². The van der Waals surface area contributed by atoms with Crippen LogP contribution in [0.3, 0.4) is 0 Å². The Kier molecular flexibility index (Phi) is 3.15. The molecule has 0 aliphatic carbocycles. The molecule has 0 bridgehead atoms. The fourth-order valence-corrected chi connectivity index (χ4v) is 3.03. The summed E-state index contributed by atoms with van der Waals surface area (Å²) < 4.78 is 15.4. The first kappa shape index (κ1) is 14.8. The lowest BCUT2D eigenvalue weighted by atomic mass is 10.1. The Bertz CT molecular complexity index is 864. The Labute approximate surface area is 136 Å². The second-order valence-electron chi connectivity index (χ2n) is 5.70. The van der Waals surface area contributed by atoms with Gasteiger partial charge in [-0.05, 0) is 18.2 Å². The number of halogens is 1. The summed E-state index contributed by atoms with van der Waals surface area (Å²) >= 11 is 0. The molecule has 3 N–H and O–H groups in total. The molecule has 1 aromatic carbocycles. The van der Waals surface area contributed by atoms with E-state index >= 15 is 0 Å². The molecule has 24 heavy (non-hydrogen) atoms. The van der Waals surface area contributed by atoms with Crippen LogP contribution in [-0.4, -0.2) is 40.3 Å². The Hall–Kier alpha value is -2.78. The predicted octanol–water partition coefficient (Wildman–Crippen LogP) is 0.272. The van der Waals surface area contributed by atoms with Crippen LogP contribution in [0.5, 0.6) is 0 Å². The molecule has 1 atom stereocenters. The quantitative estimate of drug-likeness (QED) is 0.824. The number of rotatable bonds is 2. The summed E-state index contributed by atoms with van der Waals surface area (Å²) in [7, 11) is 1.65. The molecule has 2 aliphatic rings. The van der Waals surface area contributed by atoms with Gasteiger partial charge in [-0.25, -0.2) is 19.2 Å². The number of nitrogens with one attached hydrogen (secondary N) is 1. The lowest BCUT2D eigenvalue weighted by Crippen LogP contribution is -2.37. The summed E-state index contributed by atoms with van der Waals surface area (Å²) in [5, 5.41) is 0. The number of imidazole rings is 1. The summed E-state index contributed by atoms with van der Waals surface area (Å²) in [5.74, 6) is -0.736. The van der Waals surface area contributed by atoms with Crippen LogP contribution in [0.1, 0.15) is 21.7 Å². The van der Waals surface area contributed by atoms with Crippen molar-refractivity contribution in [3.8, 4) is 5.69 Å². The molecule has 0 radical (unpaired) electrons. The monoisotopic (exact) mass is 330 g/mol. The van der Waals surface area contributed by atoms with Crippen molar-refractivity contribution in [3.63, 3.8) is 0 Å². The lowest BCUT2D eigenvalue weighted by molar-refractivity contribution is -0.0551. The molecule has 9 heteroatoms. The second kappa shape index (κ2) is 5.11. The van der Waals surface area contributed by atoms with Crippen molar-refractivity contribution in [2.75, 3.05) is 13.6 Å². The average molecular weight is 330 g/mol. The molecule has 1 aromatic heterocycles. The van der Waals surface area contributed by atoms with Gasteiger partial charge in [0.05, 0.1) is 30.0 Å². The number of hydroxylamine groups is 1. The van der Waals surface area contributed by atoms with Gasteiger partial charge in [0.25, 0.3) is 5.91 Å². The number of aromatic nitrogens is 2. The average Bonchev–Trinajstić information content (AvgIpc) is 3.19. The van der Waals surface area contributed by atoms with Crippen LogP contribution in [0.15, 0.2) is 29.5 Å². The lowest BCUT2D eigenvalue weighted by Gasteiger charge is -2.23. The Balaban J connectivity index is 1.95. The van der Waals surface area contributed by atoms with Crippen LogP contribution in [0.4, 0.5) is 4.39 Å². The Morgan fingerprint density at radius 3 is 3.04 bits per heavy atom. The van der Waals surface area contributed by atoms with E-state index in [-0.39, 0.29) is 24.6 Å². The zero-order valence-electron chi connectivity index (χ0n) is 12.9. The van der Waals surface area contributed by atoms with Crippen molar-refractivity contribution >= 4 is 12.2 Å². The van der Waals surface area contributed by atoms with Crippen molar-refractivity contribution in [2.45, 2.75) is 12.3 Å². The first-order valence-corrected chi connectivity index (χ1v) is 7.35. The number of carbonyl (C=O) groups excluding carboxylic acids is 1. The summed E-state index contributed by atoms with van der Waals surface area (Å²) in [6.07, 6.45) is 2.98. The van der Waals surface area contributed by atoms with Crippen LogP contribution < -0.4 is 11.2 Å². The maximum Gasteiger partial charge on any atom is 0.256 e. The summed E-state index contributed by atoms with van der Waals surface area (Å²) in [6, 6.07) is 4.10. The first-order valence-electron chi connectivity index (χ1n) is 7.35. The van der Waals surface area contributed by atoms with E-state index < -0.39 is 11.5 Å². The van der Waals surface area contributed by atoms with Gasteiger partial charge in [0.2, 0.25) is 5.72 Å². The highest BCUT2D eigenvalue weighted by Crippen LogP contribution is 2.33. The molecule has 8 nitrogen and oxygen atoms in total. The van der Waals surface area contributed by atoms with Crippen molar-refractivity contribution in [3.05, 3.63) is 47.3 Å². The molecule has 4 rings (SSSR count). The van der Waals surface area contributed by atoms with E-state index in [2.05, 4.69) is 15.5 Å². The van der Waals surface area contributed by atoms with Gasteiger partial charge in [-0.15, -0.1) is 0 Å². The SMILES string of the molecule is CN1Cc2c(C3(CN)N=CNO3)ncn2-c2ccc(F)cc2C1=O. The number of amides is 1. The number of aliphatic imine (C=N–C) groups is 1. The van der Waals surface area contributed by atoms with Gasteiger partial charge < -0.3 is 15.2 Å². The summed E-state index contributed by atoms with van der Waals surface area (Å²) in [5.41, 5.74) is 9.34. The third kappa shape index (κ3) is 1.95. The Morgan fingerprint density at radius 2 is 2.33 bits per heavy atom. The highest BCUT2D eigenvalue weighted by atomic mass is 19.1. The van der Waals surface area contributed by atoms with E-state index in [1.54, 1.807) is 24.0 Å². The minimum Gasteiger partial charge on any atom is -0.336 e. The largest absolute Gasteiger partial charge is 0.336 e. The molecule has 1 unspecified atom stereocenters. The van der Waals surface area contributed by atoms with Crippen LogP contribution in [0.25, 0.3) is 5.69 Å². The smallest absolute Gasteiger partial charge is 0.256 e. The number of nitrogens with two attached hydrogens (primary N) is 1. The standard InChI is InChI=1S/C15H15FN6O2/c1-21-5-12-13(15(6-17)19-7-20-24-15)18-8-22(12)11-3-2-9(16)4-10(11)14(21)23/h2-4,7-8H,5-6,17H2,1H3,(H,19,20). The number of hydrogen-bond donors (Lipinski definition) is 2. The Morgan fingerprint density at radius 1 is 1.50 bits per heavy atom. The van der Waals surface area contributed by atoms with Crippen LogP contribution in [0.2, 0.25) is 0 Å². The third-order valence-corrected chi connectivity index (χ3v) is 4.25. The molecular weight excluding hydrogens is 315 g/mol. The summed E-state index contributed by atoms with van der Waals surface area (Å²) in [4.78, 5) is 28.2. The molecular formula is C15H15FN6O2. The minimum absolute atomic E-state index is 0.0778. The maximum atomic E-state index is 13.6. The van der Waals surface area contributed by atoms with Gasteiger partial charge in [-0.3, -0.25) is 10.3 Å². The molecule has 0 saturated carbocycles. The van der Waals surface area contributed by atoms with Crippen molar-refractivity contribution < 1.29 is 14.0 Å². The second-order valence-corrected chi connectivity index (χ2v) is 5.70. The van der Waals surface area contributed by atoms with Gasteiger partial charge in [-0.2, -0.15) is 0 Å². The predicted molar refractivity (Wildman–Crippen MR) is 82.8 cm³/mol. The van der Waals surface area contributed by atoms with Crippen LogP contribution in [0, 0.1) is 5.82 Å². The van der Waals surface area contributed by atoms with E-state index in [4.69, 9.17) is 10.6 Å². The van der Waals surface area contributed by atoms with Gasteiger partial charge in [0.15, 0.2) is 0 Å². The third-order valence-electron chi connectivity index (χ3n) is 4.25. The number of benzene rings is 1. The molecule has 2 aromatic rings. The number of hydrogen-bond acceptors (Lipinski definition) is 6. The number of fused-ring (bicyclic) bond motifs is 3. The maximum absolute atomic E-state index is 13.6. The van der Waals surface area contributed by atoms with E-state index in [1.807, 2.05) is 0 Å². The van der Waals surface area contributed by atoms with E-state index in [1.165, 1.54) is 23.4 Å². The minimum atomic E-state index is -1.14. The van der Waals surface area contributed by atoms with Gasteiger partial charge in [0.1, 0.15) is 24.2 Å². The fourth-order valence-electron chi connectivity index (χ4n) is 3.03. The summed E-state index contributed by atoms with van der Waals surface area (Å²) in [6.45, 7) is 0.347. The molecule has 2 aliphatic heterocycles. The van der Waals surface area contributed by atoms with Crippen molar-refractivity contribution in [1.29, 1.82) is 0 Å². The van der Waals surface area contributed by atoms with Crippen LogP contribution >= 0.6 is 0 Å². The fraction of sp³-hybridized carbons (Fsp3) is 0.267. The molecule has 0 spiro atoms.